The van der Waals surface area contributed by atoms with E-state index in [-0.39, 0.29) is 11.6 Å². The Morgan fingerprint density at radius 1 is 0.917 bits per heavy atom. The average Bonchev–Trinajstić information content (AvgIpc) is 2.53. The summed E-state index contributed by atoms with van der Waals surface area (Å²) in [4.78, 5) is 4.23. The molecule has 0 amide bonds. The van der Waals surface area contributed by atoms with Crippen molar-refractivity contribution in [3.63, 3.8) is 0 Å². The number of hydrogen-bond donors (Lipinski definition) is 2. The molecule has 0 aliphatic carbocycles. The molecule has 0 atom stereocenters. The number of aryl methyl sites for hydroxylation is 2. The molecule has 1 heterocycles. The van der Waals surface area contributed by atoms with Crippen molar-refractivity contribution in [3.05, 3.63) is 65.4 Å². The van der Waals surface area contributed by atoms with Crippen molar-refractivity contribution in [2.75, 3.05) is 10.6 Å². The highest BCUT2D eigenvalue weighted by molar-refractivity contribution is 5.61. The lowest BCUT2D eigenvalue weighted by Crippen LogP contribution is -2.04. The van der Waals surface area contributed by atoms with E-state index in [2.05, 4.69) is 25.8 Å². The van der Waals surface area contributed by atoms with Gasteiger partial charge in [-0.1, -0.05) is 17.7 Å². The number of hydrogen-bond acceptors (Lipinski definition) is 5. The van der Waals surface area contributed by atoms with Crippen molar-refractivity contribution < 1.29 is 8.78 Å². The molecule has 0 bridgehead atoms. The summed E-state index contributed by atoms with van der Waals surface area (Å²) >= 11 is 0. The molecule has 0 saturated carbocycles. The highest BCUT2D eigenvalue weighted by atomic mass is 19.1. The van der Waals surface area contributed by atoms with Gasteiger partial charge in [0.15, 0.2) is 5.82 Å². The quantitative estimate of drug-likeness (QED) is 0.750. The highest BCUT2D eigenvalue weighted by Gasteiger charge is 2.07. The van der Waals surface area contributed by atoms with Crippen LogP contribution in [0.15, 0.2) is 42.6 Å². The van der Waals surface area contributed by atoms with E-state index in [0.29, 0.717) is 5.82 Å². The molecule has 0 aliphatic heterocycles. The van der Waals surface area contributed by atoms with Gasteiger partial charge in [0.25, 0.3) is 0 Å². The standard InChI is InChI=1S/C17H15F2N5/c1-10-3-5-14(11(2)7-10)22-17-23-16(9-20-24-17)21-15-6-4-12(18)8-13(15)19/h3-9H,1-2H3,(H2,21,22,23,24). The number of nitrogens with one attached hydrogen (secondary N) is 2. The Morgan fingerprint density at radius 3 is 2.46 bits per heavy atom. The third-order valence-corrected chi connectivity index (χ3v) is 3.38. The molecule has 5 nitrogen and oxygen atoms in total. The number of rotatable bonds is 4. The van der Waals surface area contributed by atoms with Gasteiger partial charge in [-0.25, -0.2) is 8.78 Å². The first-order valence-electron chi connectivity index (χ1n) is 7.27. The fourth-order valence-corrected chi connectivity index (χ4v) is 2.22. The Balaban J connectivity index is 1.81. The van der Waals surface area contributed by atoms with E-state index in [1.807, 2.05) is 32.0 Å². The van der Waals surface area contributed by atoms with E-state index in [4.69, 9.17) is 0 Å². The van der Waals surface area contributed by atoms with Gasteiger partial charge in [0.2, 0.25) is 5.95 Å². The third-order valence-electron chi connectivity index (χ3n) is 3.38. The lowest BCUT2D eigenvalue weighted by Gasteiger charge is -2.10. The maximum Gasteiger partial charge on any atom is 0.249 e. The maximum absolute atomic E-state index is 13.7. The lowest BCUT2D eigenvalue weighted by molar-refractivity contribution is 0.586. The molecular formula is C17H15F2N5. The smallest absolute Gasteiger partial charge is 0.249 e. The average molecular weight is 327 g/mol. The highest BCUT2D eigenvalue weighted by Crippen LogP contribution is 2.22. The summed E-state index contributed by atoms with van der Waals surface area (Å²) in [6.07, 6.45) is 1.36. The van der Waals surface area contributed by atoms with Gasteiger partial charge < -0.3 is 10.6 Å². The molecule has 3 rings (SSSR count). The molecule has 2 aromatic carbocycles. The van der Waals surface area contributed by atoms with E-state index in [1.165, 1.54) is 12.3 Å². The number of nitrogens with zero attached hydrogens (tertiary/aromatic N) is 3. The zero-order chi connectivity index (χ0) is 17.1. The Labute approximate surface area is 137 Å². The monoisotopic (exact) mass is 327 g/mol. The molecular weight excluding hydrogens is 312 g/mol. The summed E-state index contributed by atoms with van der Waals surface area (Å²) in [5, 5.41) is 13.6. The molecule has 0 saturated heterocycles. The first kappa shape index (κ1) is 15.8. The molecule has 3 aromatic rings. The minimum absolute atomic E-state index is 0.106. The second-order valence-corrected chi connectivity index (χ2v) is 5.36. The fraction of sp³-hybridized carbons (Fsp3) is 0.118. The van der Waals surface area contributed by atoms with Gasteiger partial charge in [0, 0.05) is 11.8 Å². The van der Waals surface area contributed by atoms with Crippen molar-refractivity contribution >= 4 is 23.1 Å². The first-order valence-corrected chi connectivity index (χ1v) is 7.27. The minimum atomic E-state index is -0.711. The molecule has 0 spiro atoms. The van der Waals surface area contributed by atoms with Crippen LogP contribution in [-0.2, 0) is 0 Å². The van der Waals surface area contributed by atoms with Crippen molar-refractivity contribution in [1.82, 2.24) is 15.2 Å². The summed E-state index contributed by atoms with van der Waals surface area (Å²) < 4.78 is 26.6. The van der Waals surface area contributed by atoms with Gasteiger partial charge >= 0.3 is 0 Å². The predicted octanol–water partition coefficient (Wildman–Crippen LogP) is 4.25. The summed E-state index contributed by atoms with van der Waals surface area (Å²) in [5.41, 5.74) is 3.16. The van der Waals surface area contributed by atoms with Crippen LogP contribution in [0.5, 0.6) is 0 Å². The van der Waals surface area contributed by atoms with Gasteiger partial charge in [-0.2, -0.15) is 10.1 Å². The first-order chi connectivity index (χ1) is 11.5. The molecule has 24 heavy (non-hydrogen) atoms. The van der Waals surface area contributed by atoms with Crippen LogP contribution in [0.2, 0.25) is 0 Å². The predicted molar refractivity (Wildman–Crippen MR) is 88.7 cm³/mol. The lowest BCUT2D eigenvalue weighted by atomic mass is 10.1. The van der Waals surface area contributed by atoms with Gasteiger partial charge in [0.05, 0.1) is 11.9 Å². The van der Waals surface area contributed by atoms with Crippen LogP contribution in [0, 0.1) is 25.5 Å². The Kier molecular flexibility index (Phi) is 4.33. The maximum atomic E-state index is 13.7. The second-order valence-electron chi connectivity index (χ2n) is 5.36. The SMILES string of the molecule is Cc1ccc(Nc2nncc(Nc3ccc(F)cc3F)n2)c(C)c1. The molecule has 7 heteroatoms. The largest absolute Gasteiger partial charge is 0.336 e. The zero-order valence-corrected chi connectivity index (χ0v) is 13.1. The van der Waals surface area contributed by atoms with Crippen LogP contribution in [0.1, 0.15) is 11.1 Å². The summed E-state index contributed by atoms with van der Waals surface area (Å²) in [7, 11) is 0. The van der Waals surface area contributed by atoms with E-state index >= 15 is 0 Å². The Bertz CT molecular complexity index is 814. The Hall–Kier alpha value is -3.09. The molecule has 0 radical (unpaired) electrons. The van der Waals surface area contributed by atoms with Crippen molar-refractivity contribution in [2.24, 2.45) is 0 Å². The molecule has 1 aromatic heterocycles. The summed E-state index contributed by atoms with van der Waals surface area (Å²) in [6.45, 7) is 3.98. The topological polar surface area (TPSA) is 62.7 Å². The van der Waals surface area contributed by atoms with Crippen LogP contribution in [0.3, 0.4) is 0 Å². The van der Waals surface area contributed by atoms with Crippen LogP contribution in [-0.4, -0.2) is 15.2 Å². The van der Waals surface area contributed by atoms with Crippen molar-refractivity contribution in [3.8, 4) is 0 Å². The van der Waals surface area contributed by atoms with Gasteiger partial charge in [-0.05, 0) is 37.6 Å². The van der Waals surface area contributed by atoms with E-state index in [1.54, 1.807) is 0 Å². The van der Waals surface area contributed by atoms with Crippen molar-refractivity contribution in [2.45, 2.75) is 13.8 Å². The Morgan fingerprint density at radius 2 is 1.71 bits per heavy atom. The number of anilines is 4. The van der Waals surface area contributed by atoms with Gasteiger partial charge in [0.1, 0.15) is 11.6 Å². The molecule has 0 fully saturated rings. The third kappa shape index (κ3) is 3.62. The number of benzene rings is 2. The molecule has 0 aliphatic rings. The number of halogens is 2. The van der Waals surface area contributed by atoms with Crippen molar-refractivity contribution in [1.29, 1.82) is 0 Å². The second kappa shape index (κ2) is 6.57. The fourth-order valence-electron chi connectivity index (χ4n) is 2.22. The summed E-state index contributed by atoms with van der Waals surface area (Å²) in [5.74, 6) is -0.786. The van der Waals surface area contributed by atoms with E-state index < -0.39 is 11.6 Å². The van der Waals surface area contributed by atoms with Crippen LogP contribution in [0.25, 0.3) is 0 Å². The van der Waals surface area contributed by atoms with Crippen LogP contribution in [0.4, 0.5) is 31.9 Å². The van der Waals surface area contributed by atoms with Gasteiger partial charge in [-0.15, -0.1) is 5.10 Å². The molecule has 0 unspecified atom stereocenters. The van der Waals surface area contributed by atoms with Crippen LogP contribution >= 0.6 is 0 Å². The van der Waals surface area contributed by atoms with Gasteiger partial charge in [-0.3, -0.25) is 0 Å². The van der Waals surface area contributed by atoms with E-state index in [9.17, 15) is 8.78 Å². The normalized spacial score (nSPS) is 10.5. The minimum Gasteiger partial charge on any atom is -0.336 e. The molecule has 122 valence electrons. The summed E-state index contributed by atoms with van der Waals surface area (Å²) in [6, 6.07) is 9.18. The zero-order valence-electron chi connectivity index (χ0n) is 13.1. The number of aromatic nitrogens is 3. The van der Waals surface area contributed by atoms with E-state index in [0.717, 1.165) is 28.9 Å². The molecule has 2 N–H and O–H groups in total. The van der Waals surface area contributed by atoms with Crippen LogP contribution < -0.4 is 10.6 Å².